The first-order valence-corrected chi connectivity index (χ1v) is 6.16. The van der Waals surface area contributed by atoms with Crippen LogP contribution in [0, 0.1) is 12.8 Å². The Labute approximate surface area is 96.9 Å². The second-order valence-electron chi connectivity index (χ2n) is 4.79. The highest BCUT2D eigenvalue weighted by molar-refractivity contribution is 6.20. The van der Waals surface area contributed by atoms with Crippen LogP contribution in [-0.2, 0) is 0 Å². The second-order valence-corrected chi connectivity index (χ2v) is 5.41. The van der Waals surface area contributed by atoms with Crippen LogP contribution in [0.2, 0.25) is 0 Å². The van der Waals surface area contributed by atoms with Crippen molar-refractivity contribution in [2.45, 2.75) is 44.4 Å². The number of pyridine rings is 1. The molecular weight excluding hydrogens is 206 g/mol. The number of aromatic nitrogens is 1. The van der Waals surface area contributed by atoms with Crippen molar-refractivity contribution in [2.24, 2.45) is 5.92 Å². The van der Waals surface area contributed by atoms with Crippen molar-refractivity contribution < 1.29 is 0 Å². The summed E-state index contributed by atoms with van der Waals surface area (Å²) in [6.45, 7) is 4.43. The summed E-state index contributed by atoms with van der Waals surface area (Å²) >= 11 is 6.25. The molecule has 0 bridgehead atoms. The van der Waals surface area contributed by atoms with E-state index in [4.69, 9.17) is 11.6 Å². The first-order valence-electron chi connectivity index (χ1n) is 5.72. The molecule has 15 heavy (non-hydrogen) atoms. The van der Waals surface area contributed by atoms with Crippen LogP contribution in [-0.4, -0.2) is 10.4 Å². The van der Waals surface area contributed by atoms with E-state index in [2.05, 4.69) is 24.9 Å². The zero-order valence-corrected chi connectivity index (χ0v) is 10.2. The molecule has 0 aromatic carbocycles. The predicted octanol–water partition coefficient (Wildman–Crippen LogP) is 3.90. The van der Waals surface area contributed by atoms with Gasteiger partial charge in [-0.25, -0.2) is 0 Å². The first kappa shape index (κ1) is 10.9. The Morgan fingerprint density at radius 3 is 2.87 bits per heavy atom. The second kappa shape index (κ2) is 4.52. The number of hydrogen-bond donors (Lipinski definition) is 0. The van der Waals surface area contributed by atoms with Gasteiger partial charge in [-0.05, 0) is 49.1 Å². The summed E-state index contributed by atoms with van der Waals surface area (Å²) in [5.74, 6) is 1.34. The molecule has 2 rings (SSSR count). The Bertz CT molecular complexity index is 337. The zero-order chi connectivity index (χ0) is 10.8. The van der Waals surface area contributed by atoms with E-state index in [0.29, 0.717) is 11.3 Å². The van der Waals surface area contributed by atoms with Crippen LogP contribution in [0.3, 0.4) is 0 Å². The number of aryl methyl sites for hydroxylation is 1. The third-order valence-corrected chi connectivity index (χ3v) is 3.85. The van der Waals surface area contributed by atoms with Crippen LogP contribution in [0.1, 0.15) is 43.2 Å². The topological polar surface area (TPSA) is 12.9 Å². The minimum absolute atomic E-state index is 0.353. The quantitative estimate of drug-likeness (QED) is 0.658. The molecule has 1 nitrogen and oxygen atoms in total. The summed E-state index contributed by atoms with van der Waals surface area (Å²) in [5.41, 5.74) is 2.62. The monoisotopic (exact) mass is 223 g/mol. The molecule has 0 aliphatic heterocycles. The molecule has 0 N–H and O–H groups in total. The van der Waals surface area contributed by atoms with Gasteiger partial charge in [0.25, 0.3) is 0 Å². The average molecular weight is 224 g/mol. The summed E-state index contributed by atoms with van der Waals surface area (Å²) in [6, 6.07) is 2.25. The summed E-state index contributed by atoms with van der Waals surface area (Å²) in [5, 5.41) is 0.353. The first-order chi connectivity index (χ1) is 7.16. The minimum Gasteiger partial charge on any atom is -0.264 e. The molecule has 3 unspecified atom stereocenters. The molecule has 1 heterocycles. The molecule has 1 fully saturated rings. The largest absolute Gasteiger partial charge is 0.264 e. The Morgan fingerprint density at radius 2 is 2.13 bits per heavy atom. The average Bonchev–Trinajstić information content (AvgIpc) is 2.22. The van der Waals surface area contributed by atoms with Gasteiger partial charge in [0.2, 0.25) is 0 Å². The van der Waals surface area contributed by atoms with E-state index in [1.807, 2.05) is 12.4 Å². The van der Waals surface area contributed by atoms with Gasteiger partial charge in [0.05, 0.1) is 0 Å². The Morgan fingerprint density at radius 1 is 1.33 bits per heavy atom. The fourth-order valence-electron chi connectivity index (χ4n) is 2.52. The van der Waals surface area contributed by atoms with E-state index in [1.165, 1.54) is 24.0 Å². The Kier molecular flexibility index (Phi) is 3.30. The van der Waals surface area contributed by atoms with Crippen molar-refractivity contribution in [3.05, 3.63) is 29.6 Å². The van der Waals surface area contributed by atoms with Gasteiger partial charge in [-0.15, -0.1) is 11.6 Å². The van der Waals surface area contributed by atoms with Crippen molar-refractivity contribution in [3.63, 3.8) is 0 Å². The fraction of sp³-hybridized carbons (Fsp3) is 0.615. The summed E-state index contributed by atoms with van der Waals surface area (Å²) in [6.07, 6.45) is 7.43. The molecule has 0 spiro atoms. The lowest BCUT2D eigenvalue weighted by molar-refractivity contribution is 0.334. The van der Waals surface area contributed by atoms with E-state index >= 15 is 0 Å². The van der Waals surface area contributed by atoms with E-state index in [1.54, 1.807) is 0 Å². The molecule has 2 heteroatoms. The van der Waals surface area contributed by atoms with Gasteiger partial charge < -0.3 is 0 Å². The summed E-state index contributed by atoms with van der Waals surface area (Å²) < 4.78 is 0. The lowest BCUT2D eigenvalue weighted by Crippen LogP contribution is -2.21. The molecule has 82 valence electrons. The van der Waals surface area contributed by atoms with Crippen molar-refractivity contribution >= 4 is 11.6 Å². The van der Waals surface area contributed by atoms with Crippen LogP contribution < -0.4 is 0 Å². The highest BCUT2D eigenvalue weighted by atomic mass is 35.5. The molecule has 3 atom stereocenters. The third kappa shape index (κ3) is 2.52. The van der Waals surface area contributed by atoms with Gasteiger partial charge in [-0.3, -0.25) is 4.98 Å². The van der Waals surface area contributed by atoms with E-state index in [9.17, 15) is 0 Å². The summed E-state index contributed by atoms with van der Waals surface area (Å²) in [7, 11) is 0. The van der Waals surface area contributed by atoms with Crippen molar-refractivity contribution in [1.82, 2.24) is 4.98 Å². The molecule has 1 aliphatic carbocycles. The number of alkyl halides is 1. The number of halogens is 1. The van der Waals surface area contributed by atoms with E-state index in [0.717, 1.165) is 12.3 Å². The van der Waals surface area contributed by atoms with Crippen LogP contribution >= 0.6 is 11.6 Å². The van der Waals surface area contributed by atoms with E-state index in [-0.39, 0.29) is 0 Å². The molecule has 1 aliphatic rings. The lowest BCUT2D eigenvalue weighted by atomic mass is 9.76. The fourth-order valence-corrected chi connectivity index (χ4v) is 2.83. The van der Waals surface area contributed by atoms with Crippen molar-refractivity contribution in [1.29, 1.82) is 0 Å². The van der Waals surface area contributed by atoms with Gasteiger partial charge in [-0.1, -0.05) is 13.0 Å². The Hall–Kier alpha value is -0.560. The van der Waals surface area contributed by atoms with Crippen LogP contribution in [0.15, 0.2) is 18.5 Å². The van der Waals surface area contributed by atoms with E-state index < -0.39 is 0 Å². The van der Waals surface area contributed by atoms with Crippen LogP contribution in [0.4, 0.5) is 0 Å². The standard InChI is InChI=1S/C13H18ClN/c1-9-5-11(8-15-7-9)13-6-12(14)4-3-10(13)2/h5,7-8,10,12-13H,3-4,6H2,1-2H3. The van der Waals surface area contributed by atoms with Crippen LogP contribution in [0.5, 0.6) is 0 Å². The minimum atomic E-state index is 0.353. The molecule has 0 saturated heterocycles. The van der Waals surface area contributed by atoms with Crippen LogP contribution in [0.25, 0.3) is 0 Å². The summed E-state index contributed by atoms with van der Waals surface area (Å²) in [4.78, 5) is 4.28. The molecule has 1 aromatic rings. The third-order valence-electron chi connectivity index (χ3n) is 3.46. The van der Waals surface area contributed by atoms with Gasteiger partial charge in [-0.2, -0.15) is 0 Å². The molecule has 1 aromatic heterocycles. The van der Waals surface area contributed by atoms with Gasteiger partial charge in [0.1, 0.15) is 0 Å². The highest BCUT2D eigenvalue weighted by Gasteiger charge is 2.27. The predicted molar refractivity (Wildman–Crippen MR) is 64.4 cm³/mol. The molecule has 0 radical (unpaired) electrons. The normalized spacial score (nSPS) is 31.5. The highest BCUT2D eigenvalue weighted by Crippen LogP contribution is 2.39. The zero-order valence-electron chi connectivity index (χ0n) is 9.41. The van der Waals surface area contributed by atoms with Crippen molar-refractivity contribution in [3.8, 4) is 0 Å². The molecule has 1 saturated carbocycles. The number of nitrogens with zero attached hydrogens (tertiary/aromatic N) is 1. The maximum absolute atomic E-state index is 6.25. The molecular formula is C13H18ClN. The SMILES string of the molecule is Cc1cncc(C2CC(Cl)CCC2C)c1. The van der Waals surface area contributed by atoms with Gasteiger partial charge >= 0.3 is 0 Å². The maximum Gasteiger partial charge on any atom is 0.0342 e. The van der Waals surface area contributed by atoms with Gasteiger partial charge in [0.15, 0.2) is 0 Å². The number of rotatable bonds is 1. The van der Waals surface area contributed by atoms with Crippen molar-refractivity contribution in [2.75, 3.05) is 0 Å². The smallest absolute Gasteiger partial charge is 0.0342 e. The lowest BCUT2D eigenvalue weighted by Gasteiger charge is -2.31. The molecule has 0 amide bonds. The maximum atomic E-state index is 6.25. The van der Waals surface area contributed by atoms with Gasteiger partial charge in [0, 0.05) is 17.8 Å². The Balaban J connectivity index is 2.21. The number of hydrogen-bond acceptors (Lipinski definition) is 1.